The van der Waals surface area contributed by atoms with E-state index in [2.05, 4.69) is 21.2 Å². The van der Waals surface area contributed by atoms with E-state index in [1.54, 1.807) is 19.4 Å². The van der Waals surface area contributed by atoms with Crippen molar-refractivity contribution in [3.05, 3.63) is 18.0 Å². The van der Waals surface area contributed by atoms with Crippen LogP contribution in [0.1, 0.15) is 5.56 Å². The Balaban J connectivity index is 2.93. The summed E-state index contributed by atoms with van der Waals surface area (Å²) in [5.41, 5.74) is 0.694. The van der Waals surface area contributed by atoms with Crippen LogP contribution >= 0.6 is 0 Å². The molecule has 0 saturated carbocycles. The minimum absolute atomic E-state index is 0.582. The molecule has 0 aromatic carbocycles. The van der Waals surface area contributed by atoms with Crippen LogP contribution in [-0.4, -0.2) is 17.0 Å². The Morgan fingerprint density at radius 2 is 2.10 bits per heavy atom. The predicted molar refractivity (Wildman–Crippen MR) is 39.5 cm³/mol. The maximum absolute atomic E-state index is 5.09. The number of hydrogen-bond donors (Lipinski definition) is 1. The molecule has 1 N–H and O–H groups in total. The second kappa shape index (κ2) is 2.83. The molecule has 0 unspecified atom stereocenters. The summed E-state index contributed by atoms with van der Waals surface area (Å²) in [4.78, 5) is 7.81. The Morgan fingerprint density at radius 3 is 2.50 bits per heavy atom. The van der Waals surface area contributed by atoms with Gasteiger partial charge in [0.25, 0.3) is 0 Å². The van der Waals surface area contributed by atoms with Crippen LogP contribution in [0.2, 0.25) is 0 Å². The lowest BCUT2D eigenvalue weighted by Crippen LogP contribution is -1.94. The molecule has 0 atom stereocenters. The Bertz CT molecular complexity index is 245. The summed E-state index contributed by atoms with van der Waals surface area (Å²) in [5.74, 6) is 3.01. The van der Waals surface area contributed by atoms with Crippen LogP contribution in [-0.2, 0) is 0 Å². The highest BCUT2D eigenvalue weighted by Crippen LogP contribution is 1.95. The van der Waals surface area contributed by atoms with E-state index < -0.39 is 0 Å². The zero-order valence-corrected chi connectivity index (χ0v) is 5.63. The highest BCUT2D eigenvalue weighted by Gasteiger charge is 1.89. The molecular formula is C7H7N3. The zero-order valence-electron chi connectivity index (χ0n) is 5.63. The monoisotopic (exact) mass is 133 g/mol. The molecule has 10 heavy (non-hydrogen) atoms. The first-order chi connectivity index (χ1) is 4.86. The standard InChI is InChI=1S/C7H7N3/c1-3-6-4-9-7(8-2)10-5-6/h1,4-5H,2H3,(H,8,9,10). The average molecular weight is 133 g/mol. The van der Waals surface area contributed by atoms with Crippen LogP contribution in [0.15, 0.2) is 12.4 Å². The Kier molecular flexibility index (Phi) is 1.86. The molecule has 0 spiro atoms. The normalized spacial score (nSPS) is 8.40. The molecule has 1 aromatic heterocycles. The number of nitrogens with one attached hydrogen (secondary N) is 1. The summed E-state index contributed by atoms with van der Waals surface area (Å²) < 4.78 is 0. The van der Waals surface area contributed by atoms with Gasteiger partial charge in [0.15, 0.2) is 0 Å². The van der Waals surface area contributed by atoms with E-state index in [0.29, 0.717) is 11.5 Å². The molecule has 1 heterocycles. The lowest BCUT2D eigenvalue weighted by atomic mass is 10.4. The van der Waals surface area contributed by atoms with Gasteiger partial charge in [-0.1, -0.05) is 5.92 Å². The Hall–Kier alpha value is -1.56. The SMILES string of the molecule is C#Cc1cnc(NC)nc1. The summed E-state index contributed by atoms with van der Waals surface area (Å²) in [6.45, 7) is 0. The van der Waals surface area contributed by atoms with E-state index in [1.807, 2.05) is 0 Å². The first kappa shape index (κ1) is 6.56. The second-order valence-corrected chi connectivity index (χ2v) is 1.69. The van der Waals surface area contributed by atoms with Crippen molar-refractivity contribution in [2.45, 2.75) is 0 Å². The quantitative estimate of drug-likeness (QED) is 0.567. The minimum Gasteiger partial charge on any atom is -0.357 e. The van der Waals surface area contributed by atoms with Gasteiger partial charge in [0, 0.05) is 19.4 Å². The third kappa shape index (κ3) is 1.23. The maximum atomic E-state index is 5.09. The largest absolute Gasteiger partial charge is 0.357 e. The summed E-state index contributed by atoms with van der Waals surface area (Å²) in [5, 5.41) is 2.79. The van der Waals surface area contributed by atoms with Crippen molar-refractivity contribution in [1.82, 2.24) is 9.97 Å². The molecule has 0 aliphatic heterocycles. The number of rotatable bonds is 1. The molecule has 0 bridgehead atoms. The van der Waals surface area contributed by atoms with E-state index in [-0.39, 0.29) is 0 Å². The van der Waals surface area contributed by atoms with Crippen LogP contribution in [0.4, 0.5) is 5.95 Å². The predicted octanol–water partition coefficient (Wildman–Crippen LogP) is 0.500. The molecule has 50 valence electrons. The number of terminal acetylenes is 1. The Morgan fingerprint density at radius 1 is 1.50 bits per heavy atom. The average Bonchev–Trinajstić information content (AvgIpc) is 2.05. The number of aromatic nitrogens is 2. The Labute approximate surface area is 59.5 Å². The van der Waals surface area contributed by atoms with Crippen molar-refractivity contribution < 1.29 is 0 Å². The zero-order chi connectivity index (χ0) is 7.40. The van der Waals surface area contributed by atoms with Gasteiger partial charge in [0.2, 0.25) is 5.95 Å². The van der Waals surface area contributed by atoms with Gasteiger partial charge in [-0.3, -0.25) is 0 Å². The summed E-state index contributed by atoms with van der Waals surface area (Å²) in [7, 11) is 1.75. The molecule has 1 aromatic rings. The van der Waals surface area contributed by atoms with Gasteiger partial charge in [-0.2, -0.15) is 0 Å². The van der Waals surface area contributed by atoms with E-state index >= 15 is 0 Å². The lowest BCUT2D eigenvalue weighted by Gasteiger charge is -1.94. The van der Waals surface area contributed by atoms with E-state index in [4.69, 9.17) is 6.42 Å². The molecule has 3 nitrogen and oxygen atoms in total. The van der Waals surface area contributed by atoms with Gasteiger partial charge in [-0.05, 0) is 0 Å². The van der Waals surface area contributed by atoms with Crippen molar-refractivity contribution in [3.8, 4) is 12.3 Å². The van der Waals surface area contributed by atoms with Crippen molar-refractivity contribution in [2.75, 3.05) is 12.4 Å². The van der Waals surface area contributed by atoms with Gasteiger partial charge < -0.3 is 5.32 Å². The van der Waals surface area contributed by atoms with Gasteiger partial charge >= 0.3 is 0 Å². The molecule has 0 saturated heterocycles. The number of nitrogens with zero attached hydrogens (tertiary/aromatic N) is 2. The molecule has 1 rings (SSSR count). The van der Waals surface area contributed by atoms with Crippen LogP contribution in [0.25, 0.3) is 0 Å². The maximum Gasteiger partial charge on any atom is 0.222 e. The van der Waals surface area contributed by atoms with Crippen LogP contribution in [0.5, 0.6) is 0 Å². The van der Waals surface area contributed by atoms with Gasteiger partial charge in [0.05, 0.1) is 5.56 Å². The topological polar surface area (TPSA) is 37.8 Å². The van der Waals surface area contributed by atoms with E-state index in [0.717, 1.165) is 0 Å². The fourth-order valence-electron chi connectivity index (χ4n) is 0.532. The van der Waals surface area contributed by atoms with Crippen molar-refractivity contribution in [2.24, 2.45) is 0 Å². The number of hydrogen-bond acceptors (Lipinski definition) is 3. The molecule has 0 aliphatic carbocycles. The first-order valence-electron chi connectivity index (χ1n) is 2.83. The van der Waals surface area contributed by atoms with E-state index in [9.17, 15) is 0 Å². The van der Waals surface area contributed by atoms with Gasteiger partial charge in [0.1, 0.15) is 0 Å². The summed E-state index contributed by atoms with van der Waals surface area (Å²) >= 11 is 0. The molecule has 3 heteroatoms. The van der Waals surface area contributed by atoms with E-state index in [1.165, 1.54) is 0 Å². The highest BCUT2D eigenvalue weighted by atomic mass is 15.1. The van der Waals surface area contributed by atoms with Crippen molar-refractivity contribution in [1.29, 1.82) is 0 Å². The summed E-state index contributed by atoms with van der Waals surface area (Å²) in [6, 6.07) is 0. The molecule has 0 aliphatic rings. The van der Waals surface area contributed by atoms with Crippen molar-refractivity contribution >= 4 is 5.95 Å². The van der Waals surface area contributed by atoms with Gasteiger partial charge in [-0.25, -0.2) is 9.97 Å². The molecule has 0 amide bonds. The third-order valence-electron chi connectivity index (χ3n) is 1.04. The van der Waals surface area contributed by atoms with Crippen LogP contribution < -0.4 is 5.32 Å². The third-order valence-corrected chi connectivity index (χ3v) is 1.04. The smallest absolute Gasteiger partial charge is 0.222 e. The second-order valence-electron chi connectivity index (χ2n) is 1.69. The lowest BCUT2D eigenvalue weighted by molar-refractivity contribution is 1.14. The van der Waals surface area contributed by atoms with Crippen LogP contribution in [0, 0.1) is 12.3 Å². The fraction of sp³-hybridized carbons (Fsp3) is 0.143. The minimum atomic E-state index is 0.582. The molecular weight excluding hydrogens is 126 g/mol. The first-order valence-corrected chi connectivity index (χ1v) is 2.83. The van der Waals surface area contributed by atoms with Gasteiger partial charge in [-0.15, -0.1) is 6.42 Å². The fourth-order valence-corrected chi connectivity index (χ4v) is 0.532. The molecule has 0 radical (unpaired) electrons. The molecule has 0 fully saturated rings. The highest BCUT2D eigenvalue weighted by molar-refractivity contribution is 5.31. The summed E-state index contributed by atoms with van der Waals surface area (Å²) in [6.07, 6.45) is 8.28. The van der Waals surface area contributed by atoms with Crippen LogP contribution in [0.3, 0.4) is 0 Å². The van der Waals surface area contributed by atoms with Crippen molar-refractivity contribution in [3.63, 3.8) is 0 Å². The number of anilines is 1.